The van der Waals surface area contributed by atoms with E-state index >= 15 is 0 Å². The molecular weight excluding hydrogens is 178 g/mol. The van der Waals surface area contributed by atoms with Gasteiger partial charge < -0.3 is 10.1 Å². The van der Waals surface area contributed by atoms with Crippen LogP contribution in [0.15, 0.2) is 0 Å². The number of ether oxygens (including phenoxy) is 1. The summed E-state index contributed by atoms with van der Waals surface area (Å²) < 4.78 is 5.09. The van der Waals surface area contributed by atoms with Crippen LogP contribution in [0.3, 0.4) is 0 Å². The Morgan fingerprint density at radius 1 is 1.43 bits per heavy atom. The van der Waals surface area contributed by atoms with E-state index in [1.807, 2.05) is 20.8 Å². The Balaban J connectivity index is 1.97. The largest absolute Gasteiger partial charge is 0.465 e. The first kappa shape index (κ1) is 11.5. The summed E-state index contributed by atoms with van der Waals surface area (Å²) in [5.41, 5.74) is -0.0183. The predicted molar refractivity (Wildman–Crippen MR) is 56.1 cm³/mol. The Kier molecular flexibility index (Phi) is 3.93. The van der Waals surface area contributed by atoms with Crippen molar-refractivity contribution in [3.63, 3.8) is 0 Å². The van der Waals surface area contributed by atoms with Crippen LogP contribution in [0.5, 0.6) is 0 Å². The first-order chi connectivity index (χ1) is 6.47. The second-order valence-electron chi connectivity index (χ2n) is 5.06. The summed E-state index contributed by atoms with van der Waals surface area (Å²) in [6.45, 7) is 7.00. The molecule has 0 heterocycles. The minimum atomic E-state index is -0.138. The molecule has 3 heteroatoms. The third-order valence-electron chi connectivity index (χ3n) is 2.25. The van der Waals surface area contributed by atoms with E-state index in [1.165, 1.54) is 12.8 Å². The fraction of sp³-hybridized carbons (Fsp3) is 0.909. The van der Waals surface area contributed by atoms with E-state index in [9.17, 15) is 4.79 Å². The lowest BCUT2D eigenvalue weighted by Gasteiger charge is -2.19. The van der Waals surface area contributed by atoms with Gasteiger partial charge in [-0.05, 0) is 33.1 Å². The summed E-state index contributed by atoms with van der Waals surface area (Å²) in [6, 6.07) is 0. The number of carbonyl (C=O) groups excluding carboxylic acids is 1. The lowest BCUT2D eigenvalue weighted by molar-refractivity contribution is -0.143. The van der Waals surface area contributed by atoms with Crippen LogP contribution >= 0.6 is 0 Å². The number of hydrogen-bond acceptors (Lipinski definition) is 3. The van der Waals surface area contributed by atoms with E-state index in [2.05, 4.69) is 5.32 Å². The molecule has 0 aromatic carbocycles. The summed E-state index contributed by atoms with van der Waals surface area (Å²) in [6.07, 6.45) is 3.68. The van der Waals surface area contributed by atoms with Gasteiger partial charge in [0, 0.05) is 5.54 Å². The lowest BCUT2D eigenvalue weighted by Crippen LogP contribution is -2.40. The Bertz CT molecular complexity index is 192. The average molecular weight is 199 g/mol. The molecule has 1 saturated carbocycles. The molecule has 1 aliphatic carbocycles. The number of nitrogens with one attached hydrogen (secondary N) is 1. The van der Waals surface area contributed by atoms with Crippen LogP contribution < -0.4 is 5.32 Å². The molecule has 0 unspecified atom stereocenters. The van der Waals surface area contributed by atoms with Crippen LogP contribution in [0, 0.1) is 5.92 Å². The van der Waals surface area contributed by atoms with E-state index in [-0.39, 0.29) is 11.5 Å². The fourth-order valence-electron chi connectivity index (χ4n) is 1.13. The number of hydrogen-bond donors (Lipinski definition) is 1. The molecule has 3 nitrogen and oxygen atoms in total. The van der Waals surface area contributed by atoms with Gasteiger partial charge in [-0.3, -0.25) is 4.79 Å². The zero-order valence-electron chi connectivity index (χ0n) is 9.43. The second kappa shape index (κ2) is 4.78. The molecule has 1 fully saturated rings. The van der Waals surface area contributed by atoms with Crippen molar-refractivity contribution in [2.45, 2.75) is 45.6 Å². The highest BCUT2D eigenvalue weighted by molar-refractivity contribution is 5.71. The molecule has 0 saturated heterocycles. The number of carbonyl (C=O) groups is 1. The second-order valence-corrected chi connectivity index (χ2v) is 5.06. The minimum absolute atomic E-state index is 0.0183. The fourth-order valence-corrected chi connectivity index (χ4v) is 1.13. The van der Waals surface area contributed by atoms with E-state index in [0.29, 0.717) is 13.2 Å². The van der Waals surface area contributed by atoms with Crippen molar-refractivity contribution in [2.24, 2.45) is 5.92 Å². The minimum Gasteiger partial charge on any atom is -0.465 e. The summed E-state index contributed by atoms with van der Waals surface area (Å²) in [5, 5.41) is 3.10. The lowest BCUT2D eigenvalue weighted by atomic mass is 10.1. The molecule has 0 atom stereocenters. The van der Waals surface area contributed by atoms with E-state index in [1.54, 1.807) is 0 Å². The molecule has 1 aliphatic rings. The monoisotopic (exact) mass is 199 g/mol. The highest BCUT2D eigenvalue weighted by Gasteiger charge is 2.21. The molecule has 0 spiro atoms. The van der Waals surface area contributed by atoms with Crippen molar-refractivity contribution in [1.82, 2.24) is 5.32 Å². The van der Waals surface area contributed by atoms with Crippen molar-refractivity contribution in [1.29, 1.82) is 0 Å². The van der Waals surface area contributed by atoms with Crippen molar-refractivity contribution in [3.8, 4) is 0 Å². The van der Waals surface area contributed by atoms with Gasteiger partial charge in [0.1, 0.15) is 0 Å². The molecule has 1 rings (SSSR count). The molecular formula is C11H21NO2. The van der Waals surface area contributed by atoms with Gasteiger partial charge in [0.2, 0.25) is 0 Å². The quantitative estimate of drug-likeness (QED) is 0.685. The first-order valence-electron chi connectivity index (χ1n) is 5.38. The zero-order valence-corrected chi connectivity index (χ0v) is 9.43. The van der Waals surface area contributed by atoms with Crippen molar-refractivity contribution >= 4 is 5.97 Å². The van der Waals surface area contributed by atoms with Gasteiger partial charge in [0.25, 0.3) is 0 Å². The maximum absolute atomic E-state index is 11.2. The Morgan fingerprint density at radius 3 is 2.57 bits per heavy atom. The highest BCUT2D eigenvalue weighted by atomic mass is 16.5. The van der Waals surface area contributed by atoms with Crippen molar-refractivity contribution in [3.05, 3.63) is 0 Å². The molecule has 0 radical (unpaired) electrons. The van der Waals surface area contributed by atoms with Gasteiger partial charge in [0.05, 0.1) is 13.2 Å². The standard InChI is InChI=1S/C11H21NO2/c1-11(2,3)12-8-10(13)14-7-6-9-4-5-9/h9,12H,4-8H2,1-3H3. The van der Waals surface area contributed by atoms with Gasteiger partial charge >= 0.3 is 5.97 Å². The molecule has 82 valence electrons. The zero-order chi connectivity index (χ0) is 10.6. The van der Waals surface area contributed by atoms with Gasteiger partial charge in [-0.25, -0.2) is 0 Å². The molecule has 0 bridgehead atoms. The summed E-state index contributed by atoms with van der Waals surface area (Å²) in [4.78, 5) is 11.2. The van der Waals surface area contributed by atoms with E-state index in [0.717, 1.165) is 12.3 Å². The third kappa shape index (κ3) is 5.97. The molecule has 1 N–H and O–H groups in total. The van der Waals surface area contributed by atoms with Crippen molar-refractivity contribution < 1.29 is 9.53 Å². The normalized spacial score (nSPS) is 16.8. The third-order valence-corrected chi connectivity index (χ3v) is 2.25. The molecule has 14 heavy (non-hydrogen) atoms. The van der Waals surface area contributed by atoms with E-state index in [4.69, 9.17) is 4.74 Å². The van der Waals surface area contributed by atoms with Crippen LogP contribution in [-0.2, 0) is 9.53 Å². The number of esters is 1. The molecule has 0 amide bonds. The Hall–Kier alpha value is -0.570. The van der Waals surface area contributed by atoms with E-state index < -0.39 is 0 Å². The van der Waals surface area contributed by atoms with Crippen LogP contribution in [0.4, 0.5) is 0 Å². The summed E-state index contributed by atoms with van der Waals surface area (Å²) in [5.74, 6) is 0.693. The first-order valence-corrected chi connectivity index (χ1v) is 5.38. The predicted octanol–water partition coefficient (Wildman–Crippen LogP) is 1.72. The van der Waals surface area contributed by atoms with Crippen molar-refractivity contribution in [2.75, 3.05) is 13.2 Å². The highest BCUT2D eigenvalue weighted by Crippen LogP contribution is 2.32. The molecule has 0 aromatic rings. The Labute approximate surface area is 86.2 Å². The van der Waals surface area contributed by atoms with Gasteiger partial charge in [0.15, 0.2) is 0 Å². The smallest absolute Gasteiger partial charge is 0.319 e. The van der Waals surface area contributed by atoms with Crippen LogP contribution in [0.1, 0.15) is 40.0 Å². The maximum atomic E-state index is 11.2. The molecule has 0 aliphatic heterocycles. The van der Waals surface area contributed by atoms with Gasteiger partial charge in [-0.1, -0.05) is 12.8 Å². The SMILES string of the molecule is CC(C)(C)NCC(=O)OCCC1CC1. The summed E-state index contributed by atoms with van der Waals surface area (Å²) >= 11 is 0. The topological polar surface area (TPSA) is 38.3 Å². The maximum Gasteiger partial charge on any atom is 0.319 e. The van der Waals surface area contributed by atoms with Gasteiger partial charge in [-0.2, -0.15) is 0 Å². The number of rotatable bonds is 5. The summed E-state index contributed by atoms with van der Waals surface area (Å²) in [7, 11) is 0. The Morgan fingerprint density at radius 2 is 2.07 bits per heavy atom. The average Bonchev–Trinajstić information content (AvgIpc) is 2.83. The van der Waals surface area contributed by atoms with Gasteiger partial charge in [-0.15, -0.1) is 0 Å². The van der Waals surface area contributed by atoms with Crippen LogP contribution in [0.25, 0.3) is 0 Å². The molecule has 0 aromatic heterocycles. The van der Waals surface area contributed by atoms with Crippen LogP contribution in [0.2, 0.25) is 0 Å². The van der Waals surface area contributed by atoms with Crippen LogP contribution in [-0.4, -0.2) is 24.7 Å².